The van der Waals surface area contributed by atoms with Crippen LogP contribution in [0.15, 0.2) is 48.5 Å². The summed E-state index contributed by atoms with van der Waals surface area (Å²) in [6, 6.07) is 16.0. The van der Waals surface area contributed by atoms with Crippen LogP contribution >= 0.6 is 24.8 Å². The maximum atomic E-state index is 5.81. The van der Waals surface area contributed by atoms with Crippen molar-refractivity contribution in [1.29, 1.82) is 0 Å². The SMILES string of the molecule is COc1ccccc1OCCNCC1CCN(c2nc3ccccc3[nH]2)CC1.Cl.Cl. The predicted molar refractivity (Wildman–Crippen MR) is 127 cm³/mol. The first-order chi connectivity index (χ1) is 13.8. The van der Waals surface area contributed by atoms with E-state index in [-0.39, 0.29) is 24.8 Å². The molecule has 8 heteroatoms. The Morgan fingerprint density at radius 3 is 2.47 bits per heavy atom. The van der Waals surface area contributed by atoms with E-state index in [4.69, 9.17) is 14.5 Å². The van der Waals surface area contributed by atoms with Crippen LogP contribution in [0.4, 0.5) is 5.95 Å². The molecule has 1 aliphatic heterocycles. The van der Waals surface area contributed by atoms with Crippen molar-refractivity contribution in [2.75, 3.05) is 44.8 Å². The van der Waals surface area contributed by atoms with Gasteiger partial charge in [-0.3, -0.25) is 0 Å². The Morgan fingerprint density at radius 2 is 1.73 bits per heavy atom. The Balaban J connectivity index is 0.00000160. The quantitative estimate of drug-likeness (QED) is 0.498. The third-order valence-electron chi connectivity index (χ3n) is 5.33. The van der Waals surface area contributed by atoms with Gasteiger partial charge in [-0.05, 0) is 49.6 Å². The van der Waals surface area contributed by atoms with E-state index in [1.165, 1.54) is 12.8 Å². The van der Waals surface area contributed by atoms with Crippen molar-refractivity contribution in [1.82, 2.24) is 15.3 Å². The number of anilines is 1. The number of hydrogen-bond acceptors (Lipinski definition) is 5. The molecule has 6 nitrogen and oxygen atoms in total. The van der Waals surface area contributed by atoms with Gasteiger partial charge in [0.1, 0.15) is 6.61 Å². The minimum atomic E-state index is 0. The average molecular weight is 453 g/mol. The molecule has 0 radical (unpaired) electrons. The van der Waals surface area contributed by atoms with Crippen LogP contribution in [-0.2, 0) is 0 Å². The monoisotopic (exact) mass is 452 g/mol. The maximum Gasteiger partial charge on any atom is 0.203 e. The van der Waals surface area contributed by atoms with Crippen LogP contribution in [0.3, 0.4) is 0 Å². The van der Waals surface area contributed by atoms with Gasteiger partial charge in [-0.15, -0.1) is 24.8 Å². The molecule has 2 heterocycles. The van der Waals surface area contributed by atoms with Crippen LogP contribution in [0.1, 0.15) is 12.8 Å². The number of rotatable bonds is 8. The fourth-order valence-electron chi connectivity index (χ4n) is 3.72. The number of imidazole rings is 1. The number of piperidine rings is 1. The Labute approximate surface area is 190 Å². The van der Waals surface area contributed by atoms with Crippen molar-refractivity contribution in [2.45, 2.75) is 12.8 Å². The van der Waals surface area contributed by atoms with E-state index < -0.39 is 0 Å². The highest BCUT2D eigenvalue weighted by Crippen LogP contribution is 2.25. The number of halogens is 2. The lowest BCUT2D eigenvalue weighted by Gasteiger charge is -2.31. The van der Waals surface area contributed by atoms with Gasteiger partial charge in [0, 0.05) is 19.6 Å². The number of aromatic nitrogens is 2. The highest BCUT2D eigenvalue weighted by Gasteiger charge is 2.21. The molecule has 1 aromatic heterocycles. The van der Waals surface area contributed by atoms with Crippen LogP contribution in [-0.4, -0.2) is 49.9 Å². The molecular formula is C22H30Cl2N4O2. The number of nitrogens with one attached hydrogen (secondary N) is 2. The van der Waals surface area contributed by atoms with Crippen molar-refractivity contribution >= 4 is 41.8 Å². The molecule has 0 amide bonds. The largest absolute Gasteiger partial charge is 0.493 e. The van der Waals surface area contributed by atoms with Gasteiger partial charge in [0.15, 0.2) is 11.5 Å². The first-order valence-corrected chi connectivity index (χ1v) is 9.99. The first-order valence-electron chi connectivity index (χ1n) is 9.99. The molecule has 0 atom stereocenters. The molecular weight excluding hydrogens is 423 g/mol. The van der Waals surface area contributed by atoms with Crippen molar-refractivity contribution in [3.8, 4) is 11.5 Å². The molecule has 0 spiro atoms. The number of ether oxygens (including phenoxy) is 2. The zero-order chi connectivity index (χ0) is 19.2. The van der Waals surface area contributed by atoms with Crippen LogP contribution in [0, 0.1) is 5.92 Å². The smallest absolute Gasteiger partial charge is 0.203 e. The minimum Gasteiger partial charge on any atom is -0.493 e. The Morgan fingerprint density at radius 1 is 1.03 bits per heavy atom. The lowest BCUT2D eigenvalue weighted by atomic mass is 9.97. The van der Waals surface area contributed by atoms with Gasteiger partial charge in [0.2, 0.25) is 5.95 Å². The molecule has 2 aromatic carbocycles. The molecule has 0 aliphatic carbocycles. The van der Waals surface area contributed by atoms with Crippen LogP contribution < -0.4 is 19.7 Å². The van der Waals surface area contributed by atoms with E-state index in [0.717, 1.165) is 54.7 Å². The number of nitrogens with zero attached hydrogens (tertiary/aromatic N) is 2. The van der Waals surface area contributed by atoms with Gasteiger partial charge in [0.25, 0.3) is 0 Å². The standard InChI is InChI=1S/C22H28N4O2.2ClH/c1-27-20-8-4-5-9-21(20)28-15-12-23-16-17-10-13-26(14-11-17)22-24-18-6-2-3-7-19(18)25-22;;/h2-9,17,23H,10-16H2,1H3,(H,24,25);2*1H. The molecule has 2 N–H and O–H groups in total. The molecule has 1 fully saturated rings. The second kappa shape index (κ2) is 11.9. The summed E-state index contributed by atoms with van der Waals surface area (Å²) in [5, 5.41) is 3.53. The summed E-state index contributed by atoms with van der Waals surface area (Å²) in [6.45, 7) is 4.59. The third kappa shape index (κ3) is 5.94. The number of benzene rings is 2. The summed E-state index contributed by atoms with van der Waals surface area (Å²) >= 11 is 0. The van der Waals surface area contributed by atoms with Crippen molar-refractivity contribution < 1.29 is 9.47 Å². The fourth-order valence-corrected chi connectivity index (χ4v) is 3.72. The minimum absolute atomic E-state index is 0. The zero-order valence-electron chi connectivity index (χ0n) is 17.2. The van der Waals surface area contributed by atoms with Gasteiger partial charge < -0.3 is 24.7 Å². The lowest BCUT2D eigenvalue weighted by Crippen LogP contribution is -2.38. The van der Waals surface area contributed by atoms with Gasteiger partial charge in [-0.2, -0.15) is 0 Å². The van der Waals surface area contributed by atoms with E-state index in [1.807, 2.05) is 36.4 Å². The summed E-state index contributed by atoms with van der Waals surface area (Å²) < 4.78 is 11.1. The first kappa shape index (κ1) is 24.1. The molecule has 30 heavy (non-hydrogen) atoms. The second-order valence-corrected chi connectivity index (χ2v) is 7.21. The number of aromatic amines is 1. The highest BCUT2D eigenvalue weighted by atomic mass is 35.5. The third-order valence-corrected chi connectivity index (χ3v) is 5.33. The van der Waals surface area contributed by atoms with E-state index >= 15 is 0 Å². The second-order valence-electron chi connectivity index (χ2n) is 7.21. The fraction of sp³-hybridized carbons (Fsp3) is 0.409. The van der Waals surface area contributed by atoms with Gasteiger partial charge in [-0.1, -0.05) is 24.3 Å². The molecule has 3 aromatic rings. The number of H-pyrrole nitrogens is 1. The van der Waals surface area contributed by atoms with Crippen LogP contribution in [0.2, 0.25) is 0 Å². The number of methoxy groups -OCH3 is 1. The normalized spacial score (nSPS) is 14.1. The van der Waals surface area contributed by atoms with Crippen molar-refractivity contribution in [3.05, 3.63) is 48.5 Å². The van der Waals surface area contributed by atoms with Crippen LogP contribution in [0.5, 0.6) is 11.5 Å². The number of hydrogen-bond donors (Lipinski definition) is 2. The maximum absolute atomic E-state index is 5.81. The Hall–Kier alpha value is -2.15. The molecule has 4 rings (SSSR count). The predicted octanol–water partition coefficient (Wildman–Crippen LogP) is 4.30. The van der Waals surface area contributed by atoms with Crippen molar-refractivity contribution in [2.24, 2.45) is 5.92 Å². The summed E-state index contributed by atoms with van der Waals surface area (Å²) in [5.41, 5.74) is 2.15. The highest BCUT2D eigenvalue weighted by molar-refractivity contribution is 5.85. The van der Waals surface area contributed by atoms with E-state index in [0.29, 0.717) is 12.5 Å². The Bertz CT molecular complexity index is 864. The summed E-state index contributed by atoms with van der Waals surface area (Å²) in [4.78, 5) is 10.5. The van der Waals surface area contributed by atoms with E-state index in [9.17, 15) is 0 Å². The number of fused-ring (bicyclic) bond motifs is 1. The van der Waals surface area contributed by atoms with E-state index in [2.05, 4.69) is 27.3 Å². The van der Waals surface area contributed by atoms with Gasteiger partial charge in [0.05, 0.1) is 18.1 Å². The zero-order valence-corrected chi connectivity index (χ0v) is 18.8. The summed E-state index contributed by atoms with van der Waals surface area (Å²) in [5.74, 6) is 3.27. The lowest BCUT2D eigenvalue weighted by molar-refractivity contribution is 0.285. The Kier molecular flexibility index (Phi) is 9.56. The molecule has 0 saturated carbocycles. The summed E-state index contributed by atoms with van der Waals surface area (Å²) in [6.07, 6.45) is 2.36. The average Bonchev–Trinajstić information content (AvgIpc) is 3.18. The molecule has 1 saturated heterocycles. The molecule has 164 valence electrons. The van der Waals surface area contributed by atoms with Crippen LogP contribution in [0.25, 0.3) is 11.0 Å². The topological polar surface area (TPSA) is 62.4 Å². The number of para-hydroxylation sites is 4. The van der Waals surface area contributed by atoms with Gasteiger partial charge >= 0.3 is 0 Å². The molecule has 0 bridgehead atoms. The summed E-state index contributed by atoms with van der Waals surface area (Å²) in [7, 11) is 1.66. The molecule has 1 aliphatic rings. The van der Waals surface area contributed by atoms with E-state index in [1.54, 1.807) is 7.11 Å². The molecule has 0 unspecified atom stereocenters. The van der Waals surface area contributed by atoms with Crippen molar-refractivity contribution in [3.63, 3.8) is 0 Å². The van der Waals surface area contributed by atoms with Gasteiger partial charge in [-0.25, -0.2) is 4.98 Å².